The van der Waals surface area contributed by atoms with E-state index in [1.165, 1.54) is 9.87 Å². The lowest BCUT2D eigenvalue weighted by Gasteiger charge is -2.28. The van der Waals surface area contributed by atoms with E-state index in [-0.39, 0.29) is 29.9 Å². The van der Waals surface area contributed by atoms with E-state index in [1.54, 1.807) is 38.1 Å². The number of carbonyl (C=O) groups is 1. The third-order valence-corrected chi connectivity index (χ3v) is 8.85. The second-order valence-electron chi connectivity index (χ2n) is 9.34. The number of rotatable bonds is 7. The van der Waals surface area contributed by atoms with Gasteiger partial charge in [0, 0.05) is 11.6 Å². The van der Waals surface area contributed by atoms with Gasteiger partial charge in [0.15, 0.2) is 0 Å². The highest BCUT2D eigenvalue weighted by atomic mass is 35.5. The molecule has 1 aliphatic rings. The number of hydrogen-bond acceptors (Lipinski definition) is 3. The van der Waals surface area contributed by atoms with Gasteiger partial charge >= 0.3 is 0 Å². The molecule has 0 bridgehead atoms. The van der Waals surface area contributed by atoms with Gasteiger partial charge in [-0.15, -0.1) is 0 Å². The molecule has 0 radical (unpaired) electrons. The Labute approximate surface area is 213 Å². The molecule has 0 saturated heterocycles. The molecule has 0 aromatic heterocycles. The summed E-state index contributed by atoms with van der Waals surface area (Å²) in [7, 11) is -3.94. The van der Waals surface area contributed by atoms with E-state index in [2.05, 4.69) is 11.4 Å². The molecule has 5 nitrogen and oxygen atoms in total. The Morgan fingerprint density at radius 1 is 1.03 bits per heavy atom. The van der Waals surface area contributed by atoms with E-state index < -0.39 is 10.0 Å². The van der Waals surface area contributed by atoms with Crippen LogP contribution in [0.5, 0.6) is 0 Å². The number of hydrogen-bond donors (Lipinski definition) is 1. The van der Waals surface area contributed by atoms with E-state index >= 15 is 0 Å². The van der Waals surface area contributed by atoms with Crippen LogP contribution >= 0.6 is 11.6 Å². The first-order chi connectivity index (χ1) is 16.6. The van der Waals surface area contributed by atoms with Gasteiger partial charge in [-0.3, -0.25) is 4.79 Å². The number of halogens is 1. The molecule has 1 amide bonds. The SMILES string of the molecule is Cc1cc(C)c(S(=O)(=O)N(CC(=O)N[C@H]2CCCc3ccccc32)Cc2ccc(Cl)cc2)c(C)c1. The normalized spacial score (nSPS) is 15.6. The molecule has 7 heteroatoms. The Morgan fingerprint density at radius 2 is 1.69 bits per heavy atom. The molecule has 0 fully saturated rings. The Morgan fingerprint density at radius 3 is 2.37 bits per heavy atom. The first-order valence-corrected chi connectivity index (χ1v) is 13.7. The van der Waals surface area contributed by atoms with Crippen molar-refractivity contribution in [3.05, 3.63) is 99.1 Å². The monoisotopic (exact) mass is 510 g/mol. The van der Waals surface area contributed by atoms with E-state index in [4.69, 9.17) is 11.6 Å². The van der Waals surface area contributed by atoms with Gasteiger partial charge in [-0.05, 0) is 80.0 Å². The number of benzene rings is 3. The molecule has 0 heterocycles. The summed E-state index contributed by atoms with van der Waals surface area (Å²) in [6.45, 7) is 5.34. The number of aryl methyl sites for hydroxylation is 4. The largest absolute Gasteiger partial charge is 0.348 e. The maximum absolute atomic E-state index is 13.9. The predicted octanol–water partition coefficient (Wildman–Crippen LogP) is 5.65. The van der Waals surface area contributed by atoms with Crippen molar-refractivity contribution >= 4 is 27.5 Å². The van der Waals surface area contributed by atoms with Crippen LogP contribution in [0.15, 0.2) is 65.6 Å². The van der Waals surface area contributed by atoms with Crippen LogP contribution in [0.3, 0.4) is 0 Å². The highest BCUT2D eigenvalue weighted by Crippen LogP contribution is 2.30. The van der Waals surface area contributed by atoms with Crippen LogP contribution < -0.4 is 5.32 Å². The minimum atomic E-state index is -3.94. The van der Waals surface area contributed by atoms with Gasteiger partial charge in [-0.25, -0.2) is 8.42 Å². The lowest BCUT2D eigenvalue weighted by molar-refractivity contribution is -0.122. The predicted molar refractivity (Wildman–Crippen MR) is 140 cm³/mol. The minimum absolute atomic E-state index is 0.0704. The summed E-state index contributed by atoms with van der Waals surface area (Å²) in [5.41, 5.74) is 5.45. The Bertz CT molecular complexity index is 1310. The number of nitrogens with one attached hydrogen (secondary N) is 1. The zero-order valence-electron chi connectivity index (χ0n) is 20.3. The van der Waals surface area contributed by atoms with E-state index in [1.807, 2.05) is 37.3 Å². The summed E-state index contributed by atoms with van der Waals surface area (Å²) in [4.78, 5) is 13.5. The number of carbonyl (C=O) groups excluding carboxylic acids is 1. The Balaban J connectivity index is 1.64. The molecule has 3 aromatic rings. The summed E-state index contributed by atoms with van der Waals surface area (Å²) in [6.07, 6.45) is 2.81. The van der Waals surface area contributed by atoms with Gasteiger partial charge in [0.2, 0.25) is 15.9 Å². The third-order valence-electron chi connectivity index (χ3n) is 6.50. The molecule has 1 atom stereocenters. The molecule has 4 rings (SSSR count). The van der Waals surface area contributed by atoms with Crippen molar-refractivity contribution in [3.8, 4) is 0 Å². The fourth-order valence-corrected chi connectivity index (χ4v) is 6.95. The van der Waals surface area contributed by atoms with Crippen molar-refractivity contribution in [2.24, 2.45) is 0 Å². The van der Waals surface area contributed by atoms with Crippen molar-refractivity contribution in [3.63, 3.8) is 0 Å². The summed E-state index contributed by atoms with van der Waals surface area (Å²) >= 11 is 6.03. The molecule has 3 aromatic carbocycles. The summed E-state index contributed by atoms with van der Waals surface area (Å²) in [5, 5.41) is 3.67. The zero-order valence-corrected chi connectivity index (χ0v) is 21.9. The molecule has 0 saturated carbocycles. The van der Waals surface area contributed by atoms with Crippen LogP contribution in [0, 0.1) is 20.8 Å². The van der Waals surface area contributed by atoms with Crippen molar-refractivity contribution < 1.29 is 13.2 Å². The molecule has 184 valence electrons. The number of fused-ring (bicyclic) bond motifs is 1. The Hall–Kier alpha value is -2.67. The summed E-state index contributed by atoms with van der Waals surface area (Å²) < 4.78 is 29.1. The molecule has 1 aliphatic carbocycles. The van der Waals surface area contributed by atoms with Crippen molar-refractivity contribution in [2.75, 3.05) is 6.54 Å². The first kappa shape index (κ1) is 25.4. The molecular formula is C28H31ClN2O3S. The number of nitrogens with zero attached hydrogens (tertiary/aromatic N) is 1. The van der Waals surface area contributed by atoms with Crippen molar-refractivity contribution in [1.29, 1.82) is 0 Å². The highest BCUT2D eigenvalue weighted by Gasteiger charge is 2.31. The molecule has 0 unspecified atom stereocenters. The third kappa shape index (κ3) is 5.77. The van der Waals surface area contributed by atoms with Crippen LogP contribution in [0.1, 0.15) is 52.3 Å². The van der Waals surface area contributed by atoms with Crippen LogP contribution in [-0.4, -0.2) is 25.2 Å². The fourth-order valence-electron chi connectivity index (χ4n) is 5.03. The smallest absolute Gasteiger partial charge is 0.244 e. The Kier molecular flexibility index (Phi) is 7.64. The molecule has 1 N–H and O–H groups in total. The molecule has 0 aliphatic heterocycles. The molecule has 0 spiro atoms. The second kappa shape index (κ2) is 10.5. The second-order valence-corrected chi connectivity index (χ2v) is 11.6. The van der Waals surface area contributed by atoms with Gasteiger partial charge in [0.25, 0.3) is 0 Å². The maximum Gasteiger partial charge on any atom is 0.244 e. The van der Waals surface area contributed by atoms with Gasteiger partial charge in [0.05, 0.1) is 17.5 Å². The van der Waals surface area contributed by atoms with Crippen LogP contribution in [-0.2, 0) is 27.8 Å². The van der Waals surface area contributed by atoms with E-state index in [0.29, 0.717) is 16.1 Å². The lowest BCUT2D eigenvalue weighted by Crippen LogP contribution is -2.42. The van der Waals surface area contributed by atoms with Crippen molar-refractivity contribution in [2.45, 2.75) is 57.5 Å². The molecule has 35 heavy (non-hydrogen) atoms. The average molecular weight is 511 g/mol. The van der Waals surface area contributed by atoms with Gasteiger partial charge in [-0.2, -0.15) is 4.31 Å². The van der Waals surface area contributed by atoms with Gasteiger partial charge < -0.3 is 5.32 Å². The highest BCUT2D eigenvalue weighted by molar-refractivity contribution is 7.89. The lowest BCUT2D eigenvalue weighted by atomic mass is 9.88. The minimum Gasteiger partial charge on any atom is -0.348 e. The van der Waals surface area contributed by atoms with Crippen molar-refractivity contribution in [1.82, 2.24) is 9.62 Å². The summed E-state index contributed by atoms with van der Waals surface area (Å²) in [5.74, 6) is -0.313. The van der Waals surface area contributed by atoms with Crippen LogP contribution in [0.4, 0.5) is 0 Å². The molecular weight excluding hydrogens is 480 g/mol. The van der Waals surface area contributed by atoms with Gasteiger partial charge in [-0.1, -0.05) is 65.7 Å². The summed E-state index contributed by atoms with van der Waals surface area (Å²) in [6, 6.07) is 18.7. The average Bonchev–Trinajstić information content (AvgIpc) is 2.79. The van der Waals surface area contributed by atoms with E-state index in [9.17, 15) is 13.2 Å². The van der Waals surface area contributed by atoms with E-state index in [0.717, 1.165) is 36.0 Å². The topological polar surface area (TPSA) is 66.5 Å². The zero-order chi connectivity index (χ0) is 25.2. The fraction of sp³-hybridized carbons (Fsp3) is 0.321. The van der Waals surface area contributed by atoms with Crippen LogP contribution in [0.2, 0.25) is 5.02 Å². The quantitative estimate of drug-likeness (QED) is 0.446. The first-order valence-electron chi connectivity index (χ1n) is 11.8. The standard InChI is InChI=1S/C28H31ClN2O3S/c1-19-15-20(2)28(21(3)16-19)35(33,34)31(17-22-11-13-24(29)14-12-22)18-27(32)30-26-10-6-8-23-7-4-5-9-25(23)26/h4-5,7,9,11-16,26H,6,8,10,17-18H2,1-3H3,(H,30,32)/t26-/m0/s1. The number of sulfonamides is 1. The van der Waals surface area contributed by atoms with Crippen LogP contribution in [0.25, 0.3) is 0 Å². The van der Waals surface area contributed by atoms with Gasteiger partial charge in [0.1, 0.15) is 0 Å². The maximum atomic E-state index is 13.9. The number of amides is 1.